The molecule has 20 heavy (non-hydrogen) atoms. The van der Waals surface area contributed by atoms with Crippen molar-refractivity contribution in [3.63, 3.8) is 0 Å². The summed E-state index contributed by atoms with van der Waals surface area (Å²) in [6.07, 6.45) is -3.81. The van der Waals surface area contributed by atoms with Crippen LogP contribution in [0.1, 0.15) is 5.56 Å². The number of ether oxygens (including phenoxy) is 1. The fourth-order valence-corrected chi connectivity index (χ4v) is 2.39. The molecular formula is C15H12F3NO. The number of halogens is 3. The van der Waals surface area contributed by atoms with Crippen LogP contribution in [0, 0.1) is 0 Å². The van der Waals surface area contributed by atoms with Gasteiger partial charge in [-0.3, -0.25) is 0 Å². The van der Waals surface area contributed by atoms with Gasteiger partial charge in [0, 0.05) is 17.8 Å². The topological polar surface area (TPSA) is 21.3 Å². The zero-order valence-corrected chi connectivity index (χ0v) is 10.5. The summed E-state index contributed by atoms with van der Waals surface area (Å²) in [6.45, 7) is 0.861. The summed E-state index contributed by atoms with van der Waals surface area (Å²) in [5.41, 5.74) is 3.33. The number of alkyl halides is 3. The van der Waals surface area contributed by atoms with Crippen LogP contribution in [0.15, 0.2) is 42.5 Å². The molecule has 0 aromatic heterocycles. The maximum atomic E-state index is 12.4. The van der Waals surface area contributed by atoms with Crippen molar-refractivity contribution < 1.29 is 17.9 Å². The van der Waals surface area contributed by atoms with Gasteiger partial charge < -0.3 is 10.1 Å². The molecule has 2 aromatic carbocycles. The van der Waals surface area contributed by atoms with Crippen LogP contribution in [0.25, 0.3) is 11.1 Å². The highest BCUT2D eigenvalue weighted by molar-refractivity contribution is 5.74. The lowest BCUT2D eigenvalue weighted by Crippen LogP contribution is -2.17. The van der Waals surface area contributed by atoms with Gasteiger partial charge in [-0.1, -0.05) is 24.3 Å². The molecule has 1 aliphatic rings. The Kier molecular flexibility index (Phi) is 3.04. The molecule has 0 amide bonds. The number of anilines is 1. The van der Waals surface area contributed by atoms with Crippen molar-refractivity contribution in [3.8, 4) is 16.9 Å². The van der Waals surface area contributed by atoms with Gasteiger partial charge in [0.1, 0.15) is 5.75 Å². The van der Waals surface area contributed by atoms with Crippen molar-refractivity contribution in [1.82, 2.24) is 0 Å². The molecule has 3 rings (SSSR count). The highest BCUT2D eigenvalue weighted by atomic mass is 19.4. The Balaban J connectivity index is 2.02. The molecule has 0 atom stereocenters. The molecule has 0 saturated carbocycles. The average Bonchev–Trinajstić information content (AvgIpc) is 2.84. The molecule has 0 spiro atoms. The third kappa shape index (κ3) is 2.57. The van der Waals surface area contributed by atoms with E-state index in [0.29, 0.717) is 5.56 Å². The first-order valence-corrected chi connectivity index (χ1v) is 6.25. The van der Waals surface area contributed by atoms with Gasteiger partial charge >= 0.3 is 6.36 Å². The molecule has 0 unspecified atom stereocenters. The predicted octanol–water partition coefficient (Wildman–Crippen LogP) is 4.22. The largest absolute Gasteiger partial charge is 0.573 e. The minimum absolute atomic E-state index is 0.175. The second kappa shape index (κ2) is 4.74. The lowest BCUT2D eigenvalue weighted by Gasteiger charge is -2.13. The second-order valence-corrected chi connectivity index (χ2v) is 4.59. The van der Waals surface area contributed by atoms with E-state index in [-0.39, 0.29) is 5.75 Å². The van der Waals surface area contributed by atoms with Crippen LogP contribution in [0.3, 0.4) is 0 Å². The van der Waals surface area contributed by atoms with E-state index in [2.05, 4.69) is 10.1 Å². The van der Waals surface area contributed by atoms with Crippen molar-refractivity contribution in [2.75, 3.05) is 11.9 Å². The number of rotatable bonds is 2. The average molecular weight is 279 g/mol. The zero-order valence-electron chi connectivity index (χ0n) is 10.5. The Morgan fingerprint density at radius 3 is 2.65 bits per heavy atom. The van der Waals surface area contributed by atoms with E-state index in [0.717, 1.165) is 29.8 Å². The Labute approximate surface area is 114 Å². The molecule has 0 fully saturated rings. The Morgan fingerprint density at radius 1 is 1.05 bits per heavy atom. The molecule has 1 aliphatic heterocycles. The Hall–Kier alpha value is -2.17. The van der Waals surface area contributed by atoms with Gasteiger partial charge in [0.2, 0.25) is 0 Å². The van der Waals surface area contributed by atoms with Gasteiger partial charge in [-0.05, 0) is 35.7 Å². The van der Waals surface area contributed by atoms with Crippen LogP contribution in [0.4, 0.5) is 18.9 Å². The van der Waals surface area contributed by atoms with E-state index in [4.69, 9.17) is 0 Å². The Bertz CT molecular complexity index is 637. The molecule has 1 N–H and O–H groups in total. The maximum absolute atomic E-state index is 12.4. The van der Waals surface area contributed by atoms with Crippen LogP contribution >= 0.6 is 0 Å². The number of nitrogens with one attached hydrogen (secondary N) is 1. The van der Waals surface area contributed by atoms with Gasteiger partial charge in [0.05, 0.1) is 0 Å². The van der Waals surface area contributed by atoms with E-state index in [9.17, 15) is 13.2 Å². The third-order valence-corrected chi connectivity index (χ3v) is 3.24. The molecule has 0 aliphatic carbocycles. The van der Waals surface area contributed by atoms with Crippen LogP contribution in [-0.2, 0) is 6.42 Å². The molecule has 1 heterocycles. The van der Waals surface area contributed by atoms with Gasteiger partial charge in [-0.25, -0.2) is 0 Å². The normalized spacial score (nSPS) is 13.8. The first-order valence-electron chi connectivity index (χ1n) is 6.25. The molecular weight excluding hydrogens is 267 g/mol. The maximum Gasteiger partial charge on any atom is 0.573 e. The lowest BCUT2D eigenvalue weighted by molar-refractivity contribution is -0.274. The summed E-state index contributed by atoms with van der Waals surface area (Å²) in [7, 11) is 0. The number of benzene rings is 2. The molecule has 2 nitrogen and oxygen atoms in total. The van der Waals surface area contributed by atoms with Crippen LogP contribution in [-0.4, -0.2) is 12.9 Å². The number of fused-ring (bicyclic) bond motifs is 1. The Morgan fingerprint density at radius 2 is 1.85 bits per heavy atom. The van der Waals surface area contributed by atoms with E-state index < -0.39 is 6.36 Å². The van der Waals surface area contributed by atoms with Crippen molar-refractivity contribution in [2.45, 2.75) is 12.8 Å². The SMILES string of the molecule is FC(F)(F)Oc1ccccc1-c1ccc2c(c1)CCN2. The summed E-state index contributed by atoms with van der Waals surface area (Å²) < 4.78 is 41.4. The van der Waals surface area contributed by atoms with Crippen molar-refractivity contribution >= 4 is 5.69 Å². The first kappa shape index (κ1) is 12.8. The quantitative estimate of drug-likeness (QED) is 0.888. The third-order valence-electron chi connectivity index (χ3n) is 3.24. The van der Waals surface area contributed by atoms with E-state index in [1.54, 1.807) is 18.2 Å². The fourth-order valence-electron chi connectivity index (χ4n) is 2.39. The highest BCUT2D eigenvalue weighted by Crippen LogP contribution is 2.36. The molecule has 104 valence electrons. The zero-order chi connectivity index (χ0) is 14.2. The van der Waals surface area contributed by atoms with Gasteiger partial charge in [0.15, 0.2) is 0 Å². The fraction of sp³-hybridized carbons (Fsp3) is 0.200. The van der Waals surface area contributed by atoms with E-state index >= 15 is 0 Å². The van der Waals surface area contributed by atoms with Crippen molar-refractivity contribution in [3.05, 3.63) is 48.0 Å². The summed E-state index contributed by atoms with van der Waals surface area (Å²) >= 11 is 0. The van der Waals surface area contributed by atoms with Gasteiger partial charge in [0.25, 0.3) is 0 Å². The predicted molar refractivity (Wildman–Crippen MR) is 70.8 cm³/mol. The molecule has 5 heteroatoms. The minimum atomic E-state index is -4.69. The summed E-state index contributed by atoms with van der Waals surface area (Å²) in [6, 6.07) is 11.8. The summed E-state index contributed by atoms with van der Waals surface area (Å²) in [5.74, 6) is -0.175. The van der Waals surface area contributed by atoms with Crippen LogP contribution < -0.4 is 10.1 Å². The first-order chi connectivity index (χ1) is 9.53. The highest BCUT2D eigenvalue weighted by Gasteiger charge is 2.32. The second-order valence-electron chi connectivity index (χ2n) is 4.59. The van der Waals surface area contributed by atoms with E-state index in [1.165, 1.54) is 12.1 Å². The monoisotopic (exact) mass is 279 g/mol. The molecule has 2 aromatic rings. The standard InChI is InChI=1S/C15H12F3NO/c16-15(17,18)20-14-4-2-1-3-12(14)10-5-6-13-11(9-10)7-8-19-13/h1-6,9,19H,7-8H2. The smallest absolute Gasteiger partial charge is 0.405 e. The van der Waals surface area contributed by atoms with Crippen LogP contribution in [0.2, 0.25) is 0 Å². The lowest BCUT2D eigenvalue weighted by atomic mass is 10.0. The molecule has 0 bridgehead atoms. The van der Waals surface area contributed by atoms with Crippen molar-refractivity contribution in [2.24, 2.45) is 0 Å². The summed E-state index contributed by atoms with van der Waals surface area (Å²) in [4.78, 5) is 0. The van der Waals surface area contributed by atoms with E-state index in [1.807, 2.05) is 12.1 Å². The summed E-state index contributed by atoms with van der Waals surface area (Å²) in [5, 5.41) is 3.22. The van der Waals surface area contributed by atoms with Gasteiger partial charge in [-0.15, -0.1) is 13.2 Å². The molecule has 0 radical (unpaired) electrons. The van der Waals surface area contributed by atoms with Gasteiger partial charge in [-0.2, -0.15) is 0 Å². The molecule has 0 saturated heterocycles. The minimum Gasteiger partial charge on any atom is -0.405 e. The number of hydrogen-bond donors (Lipinski definition) is 1. The van der Waals surface area contributed by atoms with Crippen LogP contribution in [0.5, 0.6) is 5.75 Å². The van der Waals surface area contributed by atoms with Crippen molar-refractivity contribution in [1.29, 1.82) is 0 Å². The number of hydrogen-bond acceptors (Lipinski definition) is 2. The number of para-hydroxylation sites is 1.